The summed E-state index contributed by atoms with van der Waals surface area (Å²) in [5.74, 6) is 1.39. The van der Waals surface area contributed by atoms with E-state index >= 15 is 0 Å². The summed E-state index contributed by atoms with van der Waals surface area (Å²) < 4.78 is 16.6. The smallest absolute Gasteiger partial charge is 0.230 e. The fourth-order valence-corrected chi connectivity index (χ4v) is 2.90. The number of ether oxygens (including phenoxy) is 2. The highest BCUT2D eigenvalue weighted by Crippen LogP contribution is 2.15. The fraction of sp³-hybridized carbons (Fsp3) is 0.474. The van der Waals surface area contributed by atoms with E-state index in [-0.39, 0.29) is 18.4 Å². The van der Waals surface area contributed by atoms with Crippen LogP contribution in [0.2, 0.25) is 0 Å². The van der Waals surface area contributed by atoms with Gasteiger partial charge in [-0.15, -0.1) is 0 Å². The second kappa shape index (κ2) is 8.67. The van der Waals surface area contributed by atoms with Gasteiger partial charge in [-0.25, -0.2) is 0 Å². The number of rotatable bonds is 8. The van der Waals surface area contributed by atoms with Gasteiger partial charge in [0.15, 0.2) is 0 Å². The molecule has 25 heavy (non-hydrogen) atoms. The van der Waals surface area contributed by atoms with Crippen LogP contribution in [0.25, 0.3) is 0 Å². The quantitative estimate of drug-likeness (QED) is 0.736. The van der Waals surface area contributed by atoms with E-state index in [4.69, 9.17) is 14.0 Å². The Bertz CT molecular complexity index is 665. The molecule has 2 aromatic rings. The van der Waals surface area contributed by atoms with Crippen LogP contribution in [-0.4, -0.2) is 48.4 Å². The zero-order chi connectivity index (χ0) is 17.5. The fourth-order valence-electron chi connectivity index (χ4n) is 2.90. The second-order valence-electron chi connectivity index (χ2n) is 6.25. The number of para-hydroxylation sites is 1. The Morgan fingerprint density at radius 3 is 2.88 bits per heavy atom. The van der Waals surface area contributed by atoms with E-state index in [0.717, 1.165) is 30.9 Å². The molecule has 1 atom stereocenters. The Morgan fingerprint density at radius 2 is 2.20 bits per heavy atom. The molecule has 1 fully saturated rings. The van der Waals surface area contributed by atoms with Gasteiger partial charge in [0.25, 0.3) is 0 Å². The zero-order valence-corrected chi connectivity index (χ0v) is 14.5. The van der Waals surface area contributed by atoms with Crippen molar-refractivity contribution >= 4 is 5.91 Å². The van der Waals surface area contributed by atoms with Gasteiger partial charge >= 0.3 is 0 Å². The third-order valence-corrected chi connectivity index (χ3v) is 4.18. The molecule has 1 amide bonds. The predicted octanol–water partition coefficient (Wildman–Crippen LogP) is 2.61. The van der Waals surface area contributed by atoms with Gasteiger partial charge in [0.05, 0.1) is 24.8 Å². The Morgan fingerprint density at radius 1 is 1.36 bits per heavy atom. The van der Waals surface area contributed by atoms with Gasteiger partial charge in [0.1, 0.15) is 18.1 Å². The second-order valence-corrected chi connectivity index (χ2v) is 6.25. The molecule has 1 aromatic heterocycles. The van der Waals surface area contributed by atoms with Crippen LogP contribution < -0.4 is 4.74 Å². The summed E-state index contributed by atoms with van der Waals surface area (Å²) in [7, 11) is 0. The summed E-state index contributed by atoms with van der Waals surface area (Å²) >= 11 is 0. The number of hydrogen-bond acceptors (Lipinski definition) is 5. The molecule has 1 unspecified atom stereocenters. The summed E-state index contributed by atoms with van der Waals surface area (Å²) in [6.07, 6.45) is 2.36. The van der Waals surface area contributed by atoms with Crippen LogP contribution in [0.1, 0.15) is 24.3 Å². The number of nitrogens with zero attached hydrogens (tertiary/aromatic N) is 2. The van der Waals surface area contributed by atoms with E-state index in [0.29, 0.717) is 25.5 Å². The van der Waals surface area contributed by atoms with Crippen molar-refractivity contribution in [3.63, 3.8) is 0 Å². The molecule has 0 saturated carbocycles. The van der Waals surface area contributed by atoms with Gasteiger partial charge < -0.3 is 18.9 Å². The molecule has 134 valence electrons. The number of aryl methyl sites for hydroxylation is 1. The van der Waals surface area contributed by atoms with Gasteiger partial charge in [0, 0.05) is 19.2 Å². The van der Waals surface area contributed by atoms with Crippen molar-refractivity contribution < 1.29 is 18.8 Å². The molecule has 0 N–H and O–H groups in total. The van der Waals surface area contributed by atoms with Crippen molar-refractivity contribution in [1.29, 1.82) is 0 Å². The molecule has 1 aliphatic rings. The van der Waals surface area contributed by atoms with Crippen molar-refractivity contribution in [2.45, 2.75) is 32.3 Å². The van der Waals surface area contributed by atoms with Crippen LogP contribution in [0.4, 0.5) is 0 Å². The molecule has 6 nitrogen and oxygen atoms in total. The zero-order valence-electron chi connectivity index (χ0n) is 14.5. The first kappa shape index (κ1) is 17.5. The topological polar surface area (TPSA) is 64.8 Å². The van der Waals surface area contributed by atoms with Crippen LogP contribution >= 0.6 is 0 Å². The van der Waals surface area contributed by atoms with Gasteiger partial charge in [-0.05, 0) is 31.9 Å². The number of hydrogen-bond donors (Lipinski definition) is 0. The minimum absolute atomic E-state index is 0.00307. The SMILES string of the molecule is Cc1cc(CC(=O)N(CCOc2ccccc2)CC2CCCO2)on1. The van der Waals surface area contributed by atoms with Crippen LogP contribution in [-0.2, 0) is 16.0 Å². The first-order valence-electron chi connectivity index (χ1n) is 8.70. The van der Waals surface area contributed by atoms with Crippen LogP contribution in [0.5, 0.6) is 5.75 Å². The van der Waals surface area contributed by atoms with Crippen LogP contribution in [0, 0.1) is 6.92 Å². The summed E-state index contributed by atoms with van der Waals surface area (Å²) in [6.45, 7) is 4.16. The van der Waals surface area contributed by atoms with E-state index in [1.54, 1.807) is 11.0 Å². The Kier molecular flexibility index (Phi) is 6.06. The van der Waals surface area contributed by atoms with Gasteiger partial charge in [-0.2, -0.15) is 0 Å². The van der Waals surface area contributed by atoms with Crippen molar-refractivity contribution in [2.24, 2.45) is 0 Å². The molecule has 0 radical (unpaired) electrons. The Hall–Kier alpha value is -2.34. The molecule has 1 aliphatic heterocycles. The number of amides is 1. The highest BCUT2D eigenvalue weighted by molar-refractivity contribution is 5.78. The highest BCUT2D eigenvalue weighted by Gasteiger charge is 2.23. The van der Waals surface area contributed by atoms with E-state index in [9.17, 15) is 4.79 Å². The van der Waals surface area contributed by atoms with E-state index < -0.39 is 0 Å². The predicted molar refractivity (Wildman–Crippen MR) is 92.4 cm³/mol. The normalized spacial score (nSPS) is 16.8. The number of aromatic nitrogens is 1. The molecule has 6 heteroatoms. The lowest BCUT2D eigenvalue weighted by Crippen LogP contribution is -2.40. The lowest BCUT2D eigenvalue weighted by molar-refractivity contribution is -0.132. The lowest BCUT2D eigenvalue weighted by Gasteiger charge is -2.25. The van der Waals surface area contributed by atoms with Crippen molar-refractivity contribution in [2.75, 3.05) is 26.3 Å². The largest absolute Gasteiger partial charge is 0.492 e. The molecule has 1 aromatic carbocycles. The maximum atomic E-state index is 12.7. The number of carbonyl (C=O) groups excluding carboxylic acids is 1. The summed E-state index contributed by atoms with van der Waals surface area (Å²) in [5.41, 5.74) is 0.779. The van der Waals surface area contributed by atoms with Crippen molar-refractivity contribution in [1.82, 2.24) is 10.1 Å². The monoisotopic (exact) mass is 344 g/mol. The summed E-state index contributed by atoms with van der Waals surface area (Å²) in [4.78, 5) is 14.5. The molecule has 1 saturated heterocycles. The number of carbonyl (C=O) groups is 1. The van der Waals surface area contributed by atoms with E-state index in [1.807, 2.05) is 37.3 Å². The Labute approximate surface area is 147 Å². The van der Waals surface area contributed by atoms with Crippen molar-refractivity contribution in [3.8, 4) is 5.75 Å². The minimum atomic E-state index is 0.00307. The van der Waals surface area contributed by atoms with Gasteiger partial charge in [-0.1, -0.05) is 23.4 Å². The minimum Gasteiger partial charge on any atom is -0.492 e. The van der Waals surface area contributed by atoms with E-state index in [2.05, 4.69) is 5.16 Å². The molecule has 0 aliphatic carbocycles. The Balaban J connectivity index is 1.56. The average Bonchev–Trinajstić information content (AvgIpc) is 3.26. The van der Waals surface area contributed by atoms with Crippen molar-refractivity contribution in [3.05, 3.63) is 47.9 Å². The molecule has 3 rings (SSSR count). The van der Waals surface area contributed by atoms with Gasteiger partial charge in [0.2, 0.25) is 5.91 Å². The highest BCUT2D eigenvalue weighted by atomic mass is 16.5. The third kappa shape index (κ3) is 5.32. The molecule has 0 bridgehead atoms. The molecular formula is C19H24N2O4. The third-order valence-electron chi connectivity index (χ3n) is 4.18. The summed E-state index contributed by atoms with van der Waals surface area (Å²) in [5, 5.41) is 3.84. The summed E-state index contributed by atoms with van der Waals surface area (Å²) in [6, 6.07) is 11.4. The first-order chi connectivity index (χ1) is 12.2. The van der Waals surface area contributed by atoms with E-state index in [1.165, 1.54) is 0 Å². The average molecular weight is 344 g/mol. The molecule has 0 spiro atoms. The maximum Gasteiger partial charge on any atom is 0.230 e. The first-order valence-corrected chi connectivity index (χ1v) is 8.70. The lowest BCUT2D eigenvalue weighted by atomic mass is 10.2. The molecule has 2 heterocycles. The van der Waals surface area contributed by atoms with Crippen LogP contribution in [0.15, 0.2) is 40.9 Å². The van der Waals surface area contributed by atoms with Crippen LogP contribution in [0.3, 0.4) is 0 Å². The molecular weight excluding hydrogens is 320 g/mol. The maximum absolute atomic E-state index is 12.7. The van der Waals surface area contributed by atoms with Gasteiger partial charge in [-0.3, -0.25) is 4.79 Å². The number of benzene rings is 1. The standard InChI is InChI=1S/C19H24N2O4/c1-15-12-18(25-20-15)13-19(22)21(14-17-8-5-10-23-17)9-11-24-16-6-3-2-4-7-16/h2-4,6-7,12,17H,5,8-11,13-14H2,1H3.